The fourth-order valence-corrected chi connectivity index (χ4v) is 3.00. The van der Waals surface area contributed by atoms with Crippen LogP contribution >= 0.6 is 11.8 Å². The number of imidazole rings is 1. The van der Waals surface area contributed by atoms with Crippen molar-refractivity contribution >= 4 is 17.8 Å². The minimum atomic E-state index is -0.111. The lowest BCUT2D eigenvalue weighted by molar-refractivity contribution is 0.240. The number of amides is 2. The molecule has 0 saturated carbocycles. The van der Waals surface area contributed by atoms with E-state index in [1.807, 2.05) is 29.6 Å². The third kappa shape index (κ3) is 3.66. The van der Waals surface area contributed by atoms with Crippen molar-refractivity contribution in [1.29, 1.82) is 0 Å². The molecule has 1 atom stereocenters. The first-order valence-corrected chi connectivity index (χ1v) is 6.90. The second-order valence-electron chi connectivity index (χ2n) is 4.15. The van der Waals surface area contributed by atoms with Crippen molar-refractivity contribution in [2.45, 2.75) is 24.6 Å². The van der Waals surface area contributed by atoms with Gasteiger partial charge in [-0.15, -0.1) is 0 Å². The molecule has 1 aliphatic heterocycles. The van der Waals surface area contributed by atoms with Crippen LogP contribution in [0, 0.1) is 0 Å². The number of hydrogen-bond acceptors (Lipinski definition) is 3. The Morgan fingerprint density at radius 2 is 2.53 bits per heavy atom. The van der Waals surface area contributed by atoms with E-state index in [1.54, 1.807) is 6.20 Å². The van der Waals surface area contributed by atoms with Gasteiger partial charge >= 0.3 is 6.03 Å². The summed E-state index contributed by atoms with van der Waals surface area (Å²) >= 11 is 1.94. The van der Waals surface area contributed by atoms with E-state index in [9.17, 15) is 4.79 Å². The fraction of sp³-hybridized carbons (Fsp3) is 0.636. The van der Waals surface area contributed by atoms with Crippen LogP contribution in [0.4, 0.5) is 4.79 Å². The SMILES string of the molecule is Cn1ccnc1CNC(=O)NC[C@@H]1CCCS1. The number of thioether (sulfide) groups is 1. The molecule has 2 heterocycles. The standard InChI is InChI=1S/C11H18N4OS/c1-15-5-4-12-10(15)8-14-11(16)13-7-9-3-2-6-17-9/h4-5,9H,2-3,6-8H2,1H3,(H2,13,14,16)/t9-/m0/s1. The van der Waals surface area contributed by atoms with Gasteiger partial charge in [-0.25, -0.2) is 9.78 Å². The predicted molar refractivity (Wildman–Crippen MR) is 68.9 cm³/mol. The summed E-state index contributed by atoms with van der Waals surface area (Å²) in [6.07, 6.45) is 6.07. The molecule has 0 aliphatic carbocycles. The Hall–Kier alpha value is -1.17. The van der Waals surface area contributed by atoms with Crippen molar-refractivity contribution in [3.8, 4) is 0 Å². The molecule has 94 valence electrons. The lowest BCUT2D eigenvalue weighted by Crippen LogP contribution is -2.38. The quantitative estimate of drug-likeness (QED) is 0.846. The monoisotopic (exact) mass is 254 g/mol. The fourth-order valence-electron chi connectivity index (χ4n) is 1.80. The first kappa shape index (κ1) is 12.3. The van der Waals surface area contributed by atoms with Crippen LogP contribution in [0.2, 0.25) is 0 Å². The molecule has 0 spiro atoms. The third-order valence-corrected chi connectivity index (χ3v) is 4.24. The molecule has 17 heavy (non-hydrogen) atoms. The van der Waals surface area contributed by atoms with E-state index in [0.29, 0.717) is 11.8 Å². The molecular formula is C11H18N4OS. The number of nitrogens with zero attached hydrogens (tertiary/aromatic N) is 2. The topological polar surface area (TPSA) is 59.0 Å². The highest BCUT2D eigenvalue weighted by atomic mass is 32.2. The molecule has 0 aromatic carbocycles. The Morgan fingerprint density at radius 3 is 3.18 bits per heavy atom. The van der Waals surface area contributed by atoms with Gasteiger partial charge in [0.25, 0.3) is 0 Å². The Bertz CT molecular complexity index is 373. The molecule has 0 radical (unpaired) electrons. The van der Waals surface area contributed by atoms with Crippen LogP contribution in [0.25, 0.3) is 0 Å². The average molecular weight is 254 g/mol. The summed E-state index contributed by atoms with van der Waals surface area (Å²) in [5.74, 6) is 2.08. The first-order chi connectivity index (χ1) is 8.25. The molecule has 2 amide bonds. The van der Waals surface area contributed by atoms with E-state index >= 15 is 0 Å². The molecule has 0 unspecified atom stereocenters. The minimum absolute atomic E-state index is 0.111. The molecule has 1 aromatic heterocycles. The van der Waals surface area contributed by atoms with E-state index in [-0.39, 0.29) is 6.03 Å². The van der Waals surface area contributed by atoms with Crippen LogP contribution in [0.5, 0.6) is 0 Å². The molecule has 1 fully saturated rings. The van der Waals surface area contributed by atoms with E-state index in [0.717, 1.165) is 12.4 Å². The molecule has 2 N–H and O–H groups in total. The van der Waals surface area contributed by atoms with E-state index < -0.39 is 0 Å². The van der Waals surface area contributed by atoms with Gasteiger partial charge in [-0.1, -0.05) is 0 Å². The molecule has 1 aromatic rings. The minimum Gasteiger partial charge on any atom is -0.337 e. The Morgan fingerprint density at radius 1 is 1.65 bits per heavy atom. The van der Waals surface area contributed by atoms with Crippen molar-refractivity contribution < 1.29 is 4.79 Å². The molecule has 5 nitrogen and oxygen atoms in total. The predicted octanol–water partition coefficient (Wildman–Crippen LogP) is 1.11. The normalized spacial score (nSPS) is 19.2. The van der Waals surface area contributed by atoms with Crippen LogP contribution in [0.1, 0.15) is 18.7 Å². The molecule has 2 rings (SSSR count). The highest BCUT2D eigenvalue weighted by Gasteiger charge is 2.16. The number of nitrogens with one attached hydrogen (secondary N) is 2. The number of aryl methyl sites for hydroxylation is 1. The highest BCUT2D eigenvalue weighted by molar-refractivity contribution is 8.00. The number of aromatic nitrogens is 2. The Balaban J connectivity index is 1.65. The number of rotatable bonds is 4. The number of carbonyl (C=O) groups is 1. The number of carbonyl (C=O) groups excluding carboxylic acids is 1. The summed E-state index contributed by atoms with van der Waals surface area (Å²) in [5, 5.41) is 6.30. The third-order valence-electron chi connectivity index (χ3n) is 2.84. The van der Waals surface area contributed by atoms with E-state index in [2.05, 4.69) is 15.6 Å². The van der Waals surface area contributed by atoms with Gasteiger partial charge in [0.1, 0.15) is 5.82 Å². The molecule has 6 heteroatoms. The summed E-state index contributed by atoms with van der Waals surface area (Å²) < 4.78 is 1.90. The summed E-state index contributed by atoms with van der Waals surface area (Å²) in [6.45, 7) is 1.23. The van der Waals surface area contributed by atoms with Crippen LogP contribution in [0.3, 0.4) is 0 Å². The molecule has 1 aliphatic rings. The maximum atomic E-state index is 11.5. The van der Waals surface area contributed by atoms with Crippen molar-refractivity contribution in [3.63, 3.8) is 0 Å². The smallest absolute Gasteiger partial charge is 0.315 e. The van der Waals surface area contributed by atoms with Gasteiger partial charge in [0.2, 0.25) is 0 Å². The second-order valence-corrected chi connectivity index (χ2v) is 5.56. The maximum Gasteiger partial charge on any atom is 0.315 e. The van der Waals surface area contributed by atoms with Gasteiger partial charge in [-0.05, 0) is 18.6 Å². The van der Waals surface area contributed by atoms with Gasteiger partial charge in [-0.3, -0.25) is 0 Å². The zero-order valence-electron chi connectivity index (χ0n) is 9.98. The van der Waals surface area contributed by atoms with Crippen molar-refractivity contribution in [3.05, 3.63) is 18.2 Å². The van der Waals surface area contributed by atoms with Gasteiger partial charge in [-0.2, -0.15) is 11.8 Å². The summed E-state index contributed by atoms with van der Waals surface area (Å²) in [5.41, 5.74) is 0. The van der Waals surface area contributed by atoms with Gasteiger partial charge in [0, 0.05) is 31.2 Å². The van der Waals surface area contributed by atoms with Gasteiger partial charge < -0.3 is 15.2 Å². The largest absolute Gasteiger partial charge is 0.337 e. The van der Waals surface area contributed by atoms with Gasteiger partial charge in [0.15, 0.2) is 0 Å². The molecular weight excluding hydrogens is 236 g/mol. The Labute approximate surface area is 105 Å². The number of urea groups is 1. The summed E-state index contributed by atoms with van der Waals surface area (Å²) in [7, 11) is 1.91. The average Bonchev–Trinajstić information content (AvgIpc) is 2.95. The maximum absolute atomic E-state index is 11.5. The van der Waals surface area contributed by atoms with E-state index in [4.69, 9.17) is 0 Å². The van der Waals surface area contributed by atoms with Crippen LogP contribution < -0.4 is 10.6 Å². The highest BCUT2D eigenvalue weighted by Crippen LogP contribution is 2.25. The zero-order valence-corrected chi connectivity index (χ0v) is 10.8. The van der Waals surface area contributed by atoms with Crippen LogP contribution in [-0.2, 0) is 13.6 Å². The van der Waals surface area contributed by atoms with Crippen molar-refractivity contribution in [1.82, 2.24) is 20.2 Å². The van der Waals surface area contributed by atoms with Gasteiger partial charge in [0.05, 0.1) is 6.54 Å². The summed E-state index contributed by atoms with van der Waals surface area (Å²) in [4.78, 5) is 15.7. The van der Waals surface area contributed by atoms with Crippen LogP contribution in [0.15, 0.2) is 12.4 Å². The van der Waals surface area contributed by atoms with Crippen molar-refractivity contribution in [2.24, 2.45) is 7.05 Å². The zero-order chi connectivity index (χ0) is 12.1. The first-order valence-electron chi connectivity index (χ1n) is 5.85. The van der Waals surface area contributed by atoms with E-state index in [1.165, 1.54) is 18.6 Å². The lowest BCUT2D eigenvalue weighted by Gasteiger charge is -2.11. The second kappa shape index (κ2) is 5.95. The molecule has 1 saturated heterocycles. The number of hydrogen-bond donors (Lipinski definition) is 2. The van der Waals surface area contributed by atoms with Crippen molar-refractivity contribution in [2.75, 3.05) is 12.3 Å². The lowest BCUT2D eigenvalue weighted by atomic mass is 10.2. The Kier molecular flexibility index (Phi) is 4.30. The molecule has 0 bridgehead atoms. The summed E-state index contributed by atoms with van der Waals surface area (Å²) in [6, 6.07) is -0.111. The van der Waals surface area contributed by atoms with Crippen LogP contribution in [-0.4, -0.2) is 33.1 Å².